The highest BCUT2D eigenvalue weighted by molar-refractivity contribution is 9.10. The summed E-state index contributed by atoms with van der Waals surface area (Å²) in [5, 5.41) is 0. The van der Waals surface area contributed by atoms with E-state index in [1.807, 2.05) is 0 Å². The molecule has 0 saturated carbocycles. The minimum Gasteiger partial charge on any atom is -0.317 e. The van der Waals surface area contributed by atoms with Crippen molar-refractivity contribution < 1.29 is 8.78 Å². The number of benzene rings is 1. The van der Waals surface area contributed by atoms with Crippen molar-refractivity contribution in [3.05, 3.63) is 45.7 Å². The van der Waals surface area contributed by atoms with Gasteiger partial charge in [-0.15, -0.1) is 0 Å². The van der Waals surface area contributed by atoms with Crippen LogP contribution in [-0.2, 0) is 5.92 Å². The lowest BCUT2D eigenvalue weighted by Gasteiger charge is -2.13. The number of alkyl halides is 2. The number of hydrogen-bond donors (Lipinski definition) is 0. The van der Waals surface area contributed by atoms with Crippen molar-refractivity contribution >= 4 is 15.9 Å². The van der Waals surface area contributed by atoms with Crippen molar-refractivity contribution in [1.82, 2.24) is 0 Å². The van der Waals surface area contributed by atoms with E-state index in [9.17, 15) is 8.78 Å². The van der Waals surface area contributed by atoms with Crippen LogP contribution >= 0.6 is 15.9 Å². The molecule has 0 fully saturated rings. The lowest BCUT2D eigenvalue weighted by Crippen LogP contribution is -2.14. The first-order valence-corrected chi connectivity index (χ1v) is 4.82. The third-order valence-corrected chi connectivity index (χ3v) is 2.33. The van der Waals surface area contributed by atoms with Crippen LogP contribution in [0.2, 0.25) is 0 Å². The van der Waals surface area contributed by atoms with Gasteiger partial charge in [0.1, 0.15) is 0 Å². The van der Waals surface area contributed by atoms with E-state index < -0.39 is 12.3 Å². The molecule has 1 aromatic rings. The molecule has 74 valence electrons. The first kappa shape index (κ1) is 11.1. The quantitative estimate of drug-likeness (QED) is 0.727. The van der Waals surface area contributed by atoms with Gasteiger partial charge in [-0.25, -0.2) is 15.4 Å². The Hall–Kier alpha value is -0.950. The molecule has 0 saturated heterocycles. The van der Waals surface area contributed by atoms with Gasteiger partial charge in [0.25, 0.3) is 5.92 Å². The van der Waals surface area contributed by atoms with Crippen LogP contribution in [0.25, 0.3) is 4.85 Å². The summed E-state index contributed by atoms with van der Waals surface area (Å²) >= 11 is 3.17. The van der Waals surface area contributed by atoms with Gasteiger partial charge in [-0.2, -0.15) is 0 Å². The van der Waals surface area contributed by atoms with Crippen molar-refractivity contribution in [2.75, 3.05) is 6.54 Å². The Balaban J connectivity index is 2.82. The number of rotatable bonds is 3. The molecule has 0 spiro atoms. The van der Waals surface area contributed by atoms with Crippen molar-refractivity contribution in [3.8, 4) is 0 Å². The summed E-state index contributed by atoms with van der Waals surface area (Å²) in [4.78, 5) is 2.92. The summed E-state index contributed by atoms with van der Waals surface area (Å²) in [6, 6.07) is 5.88. The Bertz CT molecular complexity index is 340. The summed E-state index contributed by atoms with van der Waals surface area (Å²) in [5.41, 5.74) is -0.0376. The van der Waals surface area contributed by atoms with E-state index in [0.717, 1.165) is 4.47 Å². The van der Waals surface area contributed by atoms with E-state index >= 15 is 0 Å². The van der Waals surface area contributed by atoms with Crippen LogP contribution in [0.3, 0.4) is 0 Å². The number of halogens is 3. The predicted molar refractivity (Wildman–Crippen MR) is 54.1 cm³/mol. The molecular formula is C10H8BrF2N. The zero-order valence-electron chi connectivity index (χ0n) is 7.30. The van der Waals surface area contributed by atoms with Crippen LogP contribution in [0.1, 0.15) is 12.0 Å². The summed E-state index contributed by atoms with van der Waals surface area (Å²) in [6.45, 7) is 6.31. The van der Waals surface area contributed by atoms with Crippen molar-refractivity contribution in [1.29, 1.82) is 0 Å². The summed E-state index contributed by atoms with van der Waals surface area (Å²) in [5.74, 6) is -2.90. The van der Waals surface area contributed by atoms with Crippen molar-refractivity contribution in [3.63, 3.8) is 0 Å². The fraction of sp³-hybridized carbons (Fsp3) is 0.300. The molecule has 1 nitrogen and oxygen atoms in total. The molecule has 0 N–H and O–H groups in total. The lowest BCUT2D eigenvalue weighted by molar-refractivity contribution is -0.00893. The highest BCUT2D eigenvalue weighted by Gasteiger charge is 2.32. The molecule has 1 aromatic carbocycles. The van der Waals surface area contributed by atoms with Crippen LogP contribution in [-0.4, -0.2) is 6.54 Å². The molecule has 1 rings (SSSR count). The van der Waals surface area contributed by atoms with E-state index in [1.54, 1.807) is 12.1 Å². The second-order valence-corrected chi connectivity index (χ2v) is 3.76. The van der Waals surface area contributed by atoms with Crippen LogP contribution in [0.5, 0.6) is 0 Å². The summed E-state index contributed by atoms with van der Waals surface area (Å²) < 4.78 is 27.4. The van der Waals surface area contributed by atoms with Crippen LogP contribution in [0.15, 0.2) is 28.7 Å². The van der Waals surface area contributed by atoms with Gasteiger partial charge in [-0.3, -0.25) is 0 Å². The van der Waals surface area contributed by atoms with Crippen LogP contribution in [0, 0.1) is 6.57 Å². The van der Waals surface area contributed by atoms with E-state index in [0.29, 0.717) is 0 Å². The zero-order valence-corrected chi connectivity index (χ0v) is 8.89. The minimum atomic E-state index is -2.90. The summed E-state index contributed by atoms with van der Waals surface area (Å²) in [6.07, 6.45) is -0.419. The molecule has 0 heterocycles. The van der Waals surface area contributed by atoms with Crippen molar-refractivity contribution in [2.24, 2.45) is 0 Å². The van der Waals surface area contributed by atoms with E-state index in [4.69, 9.17) is 6.57 Å². The van der Waals surface area contributed by atoms with Gasteiger partial charge in [0, 0.05) is 10.0 Å². The second kappa shape index (κ2) is 4.52. The Kier molecular flexibility index (Phi) is 3.59. The molecular weight excluding hydrogens is 252 g/mol. The second-order valence-electron chi connectivity index (χ2n) is 2.84. The SMILES string of the molecule is [C-]#[N+]CCC(F)(F)c1ccc(Br)cc1. The molecule has 14 heavy (non-hydrogen) atoms. The standard InChI is InChI=1S/C10H8BrF2N/c1-14-7-6-10(12,13)8-2-4-9(11)5-3-8/h2-5H,6-7H2. The van der Waals surface area contributed by atoms with E-state index in [1.165, 1.54) is 12.1 Å². The fourth-order valence-corrected chi connectivity index (χ4v) is 1.30. The van der Waals surface area contributed by atoms with Gasteiger partial charge in [-0.05, 0) is 12.1 Å². The Morgan fingerprint density at radius 3 is 2.36 bits per heavy atom. The molecule has 0 bridgehead atoms. The monoisotopic (exact) mass is 259 g/mol. The number of nitrogens with zero attached hydrogens (tertiary/aromatic N) is 1. The highest BCUT2D eigenvalue weighted by atomic mass is 79.9. The average Bonchev–Trinajstić information content (AvgIpc) is 2.16. The molecule has 4 heteroatoms. The average molecular weight is 260 g/mol. The van der Waals surface area contributed by atoms with Gasteiger partial charge in [0.15, 0.2) is 0 Å². The van der Waals surface area contributed by atoms with E-state index in [-0.39, 0.29) is 12.1 Å². The number of hydrogen-bond acceptors (Lipinski definition) is 0. The fourth-order valence-electron chi connectivity index (χ4n) is 1.03. The minimum absolute atomic E-state index is 0.0376. The Morgan fingerprint density at radius 2 is 1.86 bits per heavy atom. The Morgan fingerprint density at radius 1 is 1.29 bits per heavy atom. The third kappa shape index (κ3) is 2.78. The molecule has 0 aliphatic rings. The van der Waals surface area contributed by atoms with Crippen LogP contribution < -0.4 is 0 Å². The smallest absolute Gasteiger partial charge is 0.280 e. The first-order chi connectivity index (χ1) is 6.56. The maximum atomic E-state index is 13.3. The van der Waals surface area contributed by atoms with Gasteiger partial charge < -0.3 is 4.85 Å². The predicted octanol–water partition coefficient (Wildman–Crippen LogP) is 3.85. The van der Waals surface area contributed by atoms with Gasteiger partial charge in [-0.1, -0.05) is 28.1 Å². The molecule has 0 atom stereocenters. The topological polar surface area (TPSA) is 4.36 Å². The van der Waals surface area contributed by atoms with Crippen LogP contribution in [0.4, 0.5) is 8.78 Å². The third-order valence-electron chi connectivity index (χ3n) is 1.80. The van der Waals surface area contributed by atoms with Gasteiger partial charge in [0.2, 0.25) is 6.54 Å². The summed E-state index contributed by atoms with van der Waals surface area (Å²) in [7, 11) is 0. The lowest BCUT2D eigenvalue weighted by atomic mass is 10.1. The zero-order chi connectivity index (χ0) is 10.6. The molecule has 0 aromatic heterocycles. The molecule has 0 aliphatic carbocycles. The first-order valence-electron chi connectivity index (χ1n) is 4.03. The Labute approximate surface area is 89.7 Å². The highest BCUT2D eigenvalue weighted by Crippen LogP contribution is 2.32. The molecule has 0 radical (unpaired) electrons. The van der Waals surface area contributed by atoms with Crippen molar-refractivity contribution in [2.45, 2.75) is 12.3 Å². The van der Waals surface area contributed by atoms with Gasteiger partial charge in [0.05, 0.1) is 6.42 Å². The largest absolute Gasteiger partial charge is 0.317 e. The molecule has 0 aliphatic heterocycles. The molecule has 0 amide bonds. The van der Waals surface area contributed by atoms with E-state index in [2.05, 4.69) is 20.8 Å². The maximum Gasteiger partial charge on any atom is 0.280 e. The maximum absolute atomic E-state index is 13.3. The van der Waals surface area contributed by atoms with Gasteiger partial charge >= 0.3 is 0 Å². The normalized spacial score (nSPS) is 11.0. The molecule has 0 unspecified atom stereocenters.